The molecule has 7 nitrogen and oxygen atoms in total. The molecule has 3 fully saturated rings. The van der Waals surface area contributed by atoms with E-state index in [1.165, 1.54) is 6.07 Å². The fourth-order valence-corrected chi connectivity index (χ4v) is 5.08. The van der Waals surface area contributed by atoms with Crippen LogP contribution in [0.1, 0.15) is 48.4 Å². The van der Waals surface area contributed by atoms with Gasteiger partial charge in [0.1, 0.15) is 12.2 Å². The molecule has 3 heterocycles. The number of amides is 1. The molecule has 0 radical (unpaired) electrons. The molecule has 2 unspecified atom stereocenters. The van der Waals surface area contributed by atoms with E-state index in [0.29, 0.717) is 26.3 Å². The number of oxazole rings is 1. The van der Waals surface area contributed by atoms with Gasteiger partial charge < -0.3 is 24.1 Å². The fourth-order valence-electron chi connectivity index (χ4n) is 5.08. The van der Waals surface area contributed by atoms with Crippen molar-refractivity contribution in [1.29, 1.82) is 0 Å². The number of rotatable bonds is 6. The molecule has 2 aromatic rings. The molecule has 1 aliphatic carbocycles. The van der Waals surface area contributed by atoms with Gasteiger partial charge in [-0.25, -0.2) is 13.2 Å². The Morgan fingerprint density at radius 1 is 1.24 bits per heavy atom. The predicted molar refractivity (Wildman–Crippen MR) is 119 cm³/mol. The maximum atomic E-state index is 14.5. The van der Waals surface area contributed by atoms with Gasteiger partial charge >= 0.3 is 6.18 Å². The largest absolute Gasteiger partial charge is 0.481 e. The molecular weight excluding hydrogens is 508 g/mol. The minimum atomic E-state index is -4.66. The first kappa shape index (κ1) is 25.7. The SMILES string of the molecule is O=C(Nc1ccc(OC2CCCC2(F)F)c(F)c1)c1nc(N2CCC3(CCOC3)C2)oc1CC(F)(F)F. The van der Waals surface area contributed by atoms with E-state index in [9.17, 15) is 31.1 Å². The Morgan fingerprint density at radius 3 is 2.70 bits per heavy atom. The highest BCUT2D eigenvalue weighted by atomic mass is 19.4. The van der Waals surface area contributed by atoms with Crippen molar-refractivity contribution in [2.75, 3.05) is 36.5 Å². The Bertz CT molecular complexity index is 1160. The molecule has 1 saturated carbocycles. The van der Waals surface area contributed by atoms with Crippen molar-refractivity contribution in [2.45, 2.75) is 56.7 Å². The Balaban J connectivity index is 1.32. The van der Waals surface area contributed by atoms with Gasteiger partial charge in [0, 0.05) is 43.3 Å². The topological polar surface area (TPSA) is 76.8 Å². The van der Waals surface area contributed by atoms with Gasteiger partial charge in [-0.3, -0.25) is 4.79 Å². The van der Waals surface area contributed by atoms with Crippen molar-refractivity contribution >= 4 is 17.6 Å². The van der Waals surface area contributed by atoms with E-state index in [4.69, 9.17) is 13.9 Å². The number of hydrogen-bond donors (Lipinski definition) is 1. The number of carbonyl (C=O) groups is 1. The van der Waals surface area contributed by atoms with Gasteiger partial charge in [-0.05, 0) is 37.8 Å². The van der Waals surface area contributed by atoms with Crippen LogP contribution in [0, 0.1) is 11.2 Å². The Kier molecular flexibility index (Phi) is 6.53. The summed E-state index contributed by atoms with van der Waals surface area (Å²) < 4.78 is 97.7. The minimum absolute atomic E-state index is 0.0760. The molecule has 1 aromatic heterocycles. The van der Waals surface area contributed by atoms with Crippen LogP contribution in [-0.2, 0) is 11.2 Å². The summed E-state index contributed by atoms with van der Waals surface area (Å²) in [7, 11) is 0. The first-order chi connectivity index (χ1) is 17.4. The van der Waals surface area contributed by atoms with Crippen LogP contribution in [-0.4, -0.2) is 55.4 Å². The number of hydrogen-bond acceptors (Lipinski definition) is 6. The summed E-state index contributed by atoms with van der Waals surface area (Å²) in [6.07, 6.45) is -6.08. The van der Waals surface area contributed by atoms with Gasteiger partial charge in [0.25, 0.3) is 17.8 Å². The summed E-state index contributed by atoms with van der Waals surface area (Å²) in [4.78, 5) is 18.6. The van der Waals surface area contributed by atoms with E-state index in [1.807, 2.05) is 0 Å². The third-order valence-electron chi connectivity index (χ3n) is 7.06. The van der Waals surface area contributed by atoms with Crippen LogP contribution >= 0.6 is 0 Å². The van der Waals surface area contributed by atoms with Crippen molar-refractivity contribution < 1.29 is 45.0 Å². The highest BCUT2D eigenvalue weighted by Gasteiger charge is 2.46. The van der Waals surface area contributed by atoms with Crippen LogP contribution in [0.3, 0.4) is 0 Å². The molecule has 5 rings (SSSR count). The summed E-state index contributed by atoms with van der Waals surface area (Å²) in [5.74, 6) is -6.17. The van der Waals surface area contributed by atoms with E-state index < -0.39 is 53.6 Å². The first-order valence-electron chi connectivity index (χ1n) is 12.0. The molecule has 37 heavy (non-hydrogen) atoms. The van der Waals surface area contributed by atoms with Crippen LogP contribution in [0.15, 0.2) is 22.6 Å². The molecule has 2 aliphatic heterocycles. The number of nitrogens with zero attached hydrogens (tertiary/aromatic N) is 2. The predicted octanol–water partition coefficient (Wildman–Crippen LogP) is 5.35. The van der Waals surface area contributed by atoms with Gasteiger partial charge in [-0.2, -0.15) is 18.2 Å². The number of benzene rings is 1. The molecule has 1 aromatic carbocycles. The van der Waals surface area contributed by atoms with Crippen LogP contribution in [0.4, 0.5) is 38.0 Å². The minimum Gasteiger partial charge on any atom is -0.481 e. The first-order valence-corrected chi connectivity index (χ1v) is 12.0. The standard InChI is InChI=1S/C24H25F6N3O4/c25-15-10-14(3-4-16(15)36-18-2-1-5-23(18,26)27)31-20(34)19-17(11-24(28,29)30)37-21(32-19)33-8-6-22(12-33)7-9-35-13-22/h3-4,10,18H,1-2,5-9,11-13H2,(H,31,34). The molecule has 1 spiro atoms. The molecule has 202 valence electrons. The van der Waals surface area contributed by atoms with Crippen molar-refractivity contribution in [1.82, 2.24) is 4.98 Å². The van der Waals surface area contributed by atoms with Crippen LogP contribution in [0.25, 0.3) is 0 Å². The van der Waals surface area contributed by atoms with E-state index >= 15 is 0 Å². The van der Waals surface area contributed by atoms with Crippen molar-refractivity contribution in [3.63, 3.8) is 0 Å². The fraction of sp³-hybridized carbons (Fsp3) is 0.583. The number of anilines is 2. The zero-order valence-corrected chi connectivity index (χ0v) is 19.7. The molecular formula is C24H25F6N3O4. The van der Waals surface area contributed by atoms with Crippen molar-refractivity contribution in [3.8, 4) is 5.75 Å². The Hall–Kier alpha value is -2.96. The highest BCUT2D eigenvalue weighted by Crippen LogP contribution is 2.41. The maximum absolute atomic E-state index is 14.5. The van der Waals surface area contributed by atoms with E-state index in [2.05, 4.69) is 10.3 Å². The third kappa shape index (κ3) is 5.51. The zero-order chi connectivity index (χ0) is 26.4. The molecule has 0 bridgehead atoms. The second-order valence-corrected chi connectivity index (χ2v) is 9.89. The third-order valence-corrected chi connectivity index (χ3v) is 7.06. The molecule has 13 heteroatoms. The lowest BCUT2D eigenvalue weighted by atomic mass is 9.87. The number of aromatic nitrogens is 1. The quantitative estimate of drug-likeness (QED) is 0.505. The van der Waals surface area contributed by atoms with Gasteiger partial charge in [-0.15, -0.1) is 0 Å². The average Bonchev–Trinajstić information content (AvgIpc) is 3.58. The lowest BCUT2D eigenvalue weighted by molar-refractivity contribution is -0.130. The zero-order valence-electron chi connectivity index (χ0n) is 19.7. The highest BCUT2D eigenvalue weighted by molar-refractivity contribution is 6.03. The summed E-state index contributed by atoms with van der Waals surface area (Å²) in [5.41, 5.74) is -0.800. The van der Waals surface area contributed by atoms with Gasteiger partial charge in [-0.1, -0.05) is 0 Å². The van der Waals surface area contributed by atoms with Crippen LogP contribution < -0.4 is 15.0 Å². The maximum Gasteiger partial charge on any atom is 0.396 e. The monoisotopic (exact) mass is 533 g/mol. The van der Waals surface area contributed by atoms with Gasteiger partial charge in [0.05, 0.1) is 6.61 Å². The van der Waals surface area contributed by atoms with Crippen LogP contribution in [0.2, 0.25) is 0 Å². The molecule has 2 atom stereocenters. The summed E-state index contributed by atoms with van der Waals surface area (Å²) in [6, 6.07) is 3.03. The van der Waals surface area contributed by atoms with E-state index in [0.717, 1.165) is 25.0 Å². The van der Waals surface area contributed by atoms with Crippen LogP contribution in [0.5, 0.6) is 5.75 Å². The number of carbonyl (C=O) groups excluding carboxylic acids is 1. The summed E-state index contributed by atoms with van der Waals surface area (Å²) >= 11 is 0. The molecule has 1 N–H and O–H groups in total. The molecule has 1 amide bonds. The Labute approximate surface area is 208 Å². The number of ether oxygens (including phenoxy) is 2. The summed E-state index contributed by atoms with van der Waals surface area (Å²) in [5, 5.41) is 2.30. The Morgan fingerprint density at radius 2 is 2.05 bits per heavy atom. The lowest BCUT2D eigenvalue weighted by Crippen LogP contribution is -2.32. The smallest absolute Gasteiger partial charge is 0.396 e. The normalized spacial score (nSPS) is 25.2. The van der Waals surface area contributed by atoms with E-state index in [-0.39, 0.29) is 36.4 Å². The number of halogens is 6. The van der Waals surface area contributed by atoms with Gasteiger partial charge in [0.2, 0.25) is 0 Å². The van der Waals surface area contributed by atoms with E-state index in [1.54, 1.807) is 4.90 Å². The lowest BCUT2D eigenvalue weighted by Gasteiger charge is -2.21. The summed E-state index contributed by atoms with van der Waals surface area (Å²) in [6.45, 7) is 2.11. The van der Waals surface area contributed by atoms with Gasteiger partial charge in [0.15, 0.2) is 23.4 Å². The molecule has 2 saturated heterocycles. The van der Waals surface area contributed by atoms with Crippen molar-refractivity contribution in [3.05, 3.63) is 35.5 Å². The number of nitrogens with one attached hydrogen (secondary N) is 1. The molecule has 3 aliphatic rings. The average molecular weight is 533 g/mol. The second-order valence-electron chi connectivity index (χ2n) is 9.89. The number of alkyl halides is 5. The van der Waals surface area contributed by atoms with Crippen molar-refractivity contribution in [2.24, 2.45) is 5.41 Å². The second kappa shape index (κ2) is 9.41.